The van der Waals surface area contributed by atoms with E-state index < -0.39 is 0 Å². The van der Waals surface area contributed by atoms with Crippen LogP contribution in [-0.4, -0.2) is 19.7 Å². The molecule has 1 saturated heterocycles. The Labute approximate surface area is 119 Å². The molecule has 0 bridgehead atoms. The molecule has 1 N–H and O–H groups in total. The summed E-state index contributed by atoms with van der Waals surface area (Å²) in [6.45, 7) is 4.65. The van der Waals surface area contributed by atoms with Crippen LogP contribution in [0, 0.1) is 6.92 Å². The molecule has 1 aliphatic rings. The molecule has 20 heavy (non-hydrogen) atoms. The van der Waals surface area contributed by atoms with Gasteiger partial charge in [0.15, 0.2) is 0 Å². The van der Waals surface area contributed by atoms with Crippen LogP contribution in [0.1, 0.15) is 17.2 Å². The summed E-state index contributed by atoms with van der Waals surface area (Å²) in [5, 5.41) is 3.34. The minimum Gasteiger partial charge on any atom is -0.457 e. The summed E-state index contributed by atoms with van der Waals surface area (Å²) in [5.41, 5.74) is 2.42. The minimum absolute atomic E-state index is 0.150. The van der Waals surface area contributed by atoms with Gasteiger partial charge in [-0.1, -0.05) is 29.8 Å². The monoisotopic (exact) mass is 269 g/mol. The van der Waals surface area contributed by atoms with E-state index in [4.69, 9.17) is 9.47 Å². The van der Waals surface area contributed by atoms with Gasteiger partial charge in [0.25, 0.3) is 0 Å². The summed E-state index contributed by atoms with van der Waals surface area (Å²) in [4.78, 5) is 0. The Kier molecular flexibility index (Phi) is 4.00. The Balaban J connectivity index is 1.67. The predicted octanol–water partition coefficient (Wildman–Crippen LogP) is 3.45. The summed E-state index contributed by atoms with van der Waals surface area (Å²) in [5.74, 6) is 1.71. The van der Waals surface area contributed by atoms with Gasteiger partial charge in [-0.05, 0) is 36.8 Å². The Morgan fingerprint density at radius 1 is 1.00 bits per heavy atom. The first-order valence-corrected chi connectivity index (χ1v) is 6.98. The van der Waals surface area contributed by atoms with E-state index in [-0.39, 0.29) is 6.10 Å². The quantitative estimate of drug-likeness (QED) is 0.925. The van der Waals surface area contributed by atoms with E-state index in [1.54, 1.807) is 0 Å². The van der Waals surface area contributed by atoms with Gasteiger partial charge in [-0.3, -0.25) is 0 Å². The molecule has 0 aromatic heterocycles. The third-order valence-electron chi connectivity index (χ3n) is 3.44. The number of rotatable bonds is 3. The number of hydrogen-bond donors (Lipinski definition) is 1. The van der Waals surface area contributed by atoms with Crippen molar-refractivity contribution in [2.45, 2.75) is 13.0 Å². The Morgan fingerprint density at radius 3 is 2.25 bits per heavy atom. The molecule has 0 radical (unpaired) electrons. The number of aryl methyl sites for hydroxylation is 1. The van der Waals surface area contributed by atoms with E-state index >= 15 is 0 Å². The van der Waals surface area contributed by atoms with Gasteiger partial charge in [0, 0.05) is 13.1 Å². The highest BCUT2D eigenvalue weighted by Gasteiger charge is 2.15. The molecule has 3 heteroatoms. The van der Waals surface area contributed by atoms with Gasteiger partial charge in [0.2, 0.25) is 0 Å². The summed E-state index contributed by atoms with van der Waals surface area (Å²) in [6, 6.07) is 16.2. The molecule has 0 amide bonds. The van der Waals surface area contributed by atoms with Crippen molar-refractivity contribution in [3.63, 3.8) is 0 Å². The summed E-state index contributed by atoms with van der Waals surface area (Å²) in [7, 11) is 0. The fourth-order valence-corrected chi connectivity index (χ4v) is 2.27. The first-order valence-electron chi connectivity index (χ1n) is 6.98. The zero-order valence-electron chi connectivity index (χ0n) is 11.6. The van der Waals surface area contributed by atoms with E-state index in [1.165, 1.54) is 11.1 Å². The van der Waals surface area contributed by atoms with E-state index in [1.807, 2.05) is 36.4 Å². The standard InChI is InChI=1S/C17H19NO2/c1-13-2-6-15(7-3-13)20-16-8-4-14(5-9-16)17-12-18-10-11-19-17/h2-9,17-18H,10-12H2,1H3. The number of benzene rings is 2. The van der Waals surface area contributed by atoms with Gasteiger partial charge in [-0.15, -0.1) is 0 Å². The number of hydrogen-bond acceptors (Lipinski definition) is 3. The highest BCUT2D eigenvalue weighted by atomic mass is 16.5. The molecular formula is C17H19NO2. The number of ether oxygens (including phenoxy) is 2. The maximum absolute atomic E-state index is 5.82. The molecule has 1 heterocycles. The molecule has 3 nitrogen and oxygen atoms in total. The first kappa shape index (κ1) is 13.2. The zero-order valence-corrected chi connectivity index (χ0v) is 11.6. The lowest BCUT2D eigenvalue weighted by atomic mass is 10.1. The zero-order chi connectivity index (χ0) is 13.8. The lowest BCUT2D eigenvalue weighted by Gasteiger charge is -2.24. The van der Waals surface area contributed by atoms with Crippen molar-refractivity contribution in [1.82, 2.24) is 5.32 Å². The predicted molar refractivity (Wildman–Crippen MR) is 79.3 cm³/mol. The minimum atomic E-state index is 0.150. The van der Waals surface area contributed by atoms with Crippen LogP contribution in [-0.2, 0) is 4.74 Å². The fourth-order valence-electron chi connectivity index (χ4n) is 2.27. The molecular weight excluding hydrogens is 250 g/mol. The van der Waals surface area contributed by atoms with E-state index in [9.17, 15) is 0 Å². The van der Waals surface area contributed by atoms with Gasteiger partial charge in [-0.2, -0.15) is 0 Å². The van der Waals surface area contributed by atoms with Gasteiger partial charge < -0.3 is 14.8 Å². The molecule has 104 valence electrons. The molecule has 0 spiro atoms. The van der Waals surface area contributed by atoms with Crippen molar-refractivity contribution in [3.05, 3.63) is 59.7 Å². The average Bonchev–Trinajstić information content (AvgIpc) is 2.51. The van der Waals surface area contributed by atoms with Crippen molar-refractivity contribution in [2.75, 3.05) is 19.7 Å². The second-order valence-electron chi connectivity index (χ2n) is 5.05. The normalized spacial score (nSPS) is 18.8. The van der Waals surface area contributed by atoms with Crippen LogP contribution in [0.4, 0.5) is 0 Å². The van der Waals surface area contributed by atoms with E-state index in [0.717, 1.165) is 31.2 Å². The van der Waals surface area contributed by atoms with Crippen LogP contribution in [0.2, 0.25) is 0 Å². The molecule has 1 unspecified atom stereocenters. The maximum atomic E-state index is 5.82. The van der Waals surface area contributed by atoms with Gasteiger partial charge in [-0.25, -0.2) is 0 Å². The maximum Gasteiger partial charge on any atom is 0.127 e. The second-order valence-corrected chi connectivity index (χ2v) is 5.05. The van der Waals surface area contributed by atoms with Crippen LogP contribution in [0.25, 0.3) is 0 Å². The van der Waals surface area contributed by atoms with Crippen molar-refractivity contribution < 1.29 is 9.47 Å². The van der Waals surface area contributed by atoms with Crippen molar-refractivity contribution in [3.8, 4) is 11.5 Å². The molecule has 2 aromatic rings. The second kappa shape index (κ2) is 6.07. The third-order valence-corrected chi connectivity index (χ3v) is 3.44. The molecule has 0 saturated carbocycles. The lowest BCUT2D eigenvalue weighted by molar-refractivity contribution is 0.0277. The van der Waals surface area contributed by atoms with Gasteiger partial charge >= 0.3 is 0 Å². The highest BCUT2D eigenvalue weighted by Crippen LogP contribution is 2.25. The smallest absolute Gasteiger partial charge is 0.127 e. The Bertz CT molecular complexity index is 542. The Morgan fingerprint density at radius 2 is 1.65 bits per heavy atom. The summed E-state index contributed by atoms with van der Waals surface area (Å²) >= 11 is 0. The molecule has 0 aliphatic carbocycles. The highest BCUT2D eigenvalue weighted by molar-refractivity contribution is 5.35. The fraction of sp³-hybridized carbons (Fsp3) is 0.294. The van der Waals surface area contributed by atoms with Gasteiger partial charge in [0.1, 0.15) is 11.5 Å². The lowest BCUT2D eigenvalue weighted by Crippen LogP contribution is -2.33. The van der Waals surface area contributed by atoms with Crippen LogP contribution in [0.15, 0.2) is 48.5 Å². The molecule has 1 aliphatic heterocycles. The molecule has 1 fully saturated rings. The van der Waals surface area contributed by atoms with Gasteiger partial charge in [0.05, 0.1) is 12.7 Å². The Hall–Kier alpha value is -1.84. The molecule has 1 atom stereocenters. The summed E-state index contributed by atoms with van der Waals surface area (Å²) in [6.07, 6.45) is 0.150. The SMILES string of the molecule is Cc1ccc(Oc2ccc(C3CNCCO3)cc2)cc1. The van der Waals surface area contributed by atoms with Crippen molar-refractivity contribution in [2.24, 2.45) is 0 Å². The van der Waals surface area contributed by atoms with Crippen LogP contribution in [0.5, 0.6) is 11.5 Å². The van der Waals surface area contributed by atoms with E-state index in [2.05, 4.69) is 24.4 Å². The molecule has 2 aromatic carbocycles. The van der Waals surface area contributed by atoms with Crippen LogP contribution >= 0.6 is 0 Å². The van der Waals surface area contributed by atoms with Crippen LogP contribution < -0.4 is 10.1 Å². The number of nitrogens with one attached hydrogen (secondary N) is 1. The summed E-state index contributed by atoms with van der Waals surface area (Å²) < 4.78 is 11.6. The van der Waals surface area contributed by atoms with Crippen molar-refractivity contribution >= 4 is 0 Å². The molecule has 3 rings (SSSR count). The third kappa shape index (κ3) is 3.18. The van der Waals surface area contributed by atoms with Crippen LogP contribution in [0.3, 0.4) is 0 Å². The number of morpholine rings is 1. The van der Waals surface area contributed by atoms with Crippen molar-refractivity contribution in [1.29, 1.82) is 0 Å². The average molecular weight is 269 g/mol. The van der Waals surface area contributed by atoms with E-state index in [0.29, 0.717) is 0 Å². The largest absolute Gasteiger partial charge is 0.457 e. The topological polar surface area (TPSA) is 30.5 Å². The first-order chi connectivity index (χ1) is 9.81.